The van der Waals surface area contributed by atoms with Crippen LogP contribution in [0, 0.1) is 11.8 Å². The molecule has 0 saturated carbocycles. The average Bonchev–Trinajstić information content (AvgIpc) is 2.37. The van der Waals surface area contributed by atoms with Gasteiger partial charge in [-0.25, -0.2) is 4.79 Å². The van der Waals surface area contributed by atoms with Crippen LogP contribution in [0.1, 0.15) is 19.4 Å². The van der Waals surface area contributed by atoms with Gasteiger partial charge in [-0.1, -0.05) is 44.2 Å². The third-order valence-corrected chi connectivity index (χ3v) is 3.79. The zero-order valence-electron chi connectivity index (χ0n) is 10.5. The summed E-state index contributed by atoms with van der Waals surface area (Å²) in [7, 11) is 0. The molecular formula is C14H18ClNO2. The number of carbonyl (C=O) groups excluding carboxylic acids is 1. The highest BCUT2D eigenvalue weighted by atomic mass is 35.5. The van der Waals surface area contributed by atoms with Crippen LogP contribution in [0.5, 0.6) is 0 Å². The Bertz CT molecular complexity index is 456. The van der Waals surface area contributed by atoms with E-state index in [1.54, 1.807) is 0 Å². The highest BCUT2D eigenvalue weighted by Gasteiger charge is 2.46. The first-order valence-electron chi connectivity index (χ1n) is 5.87. The summed E-state index contributed by atoms with van der Waals surface area (Å²) in [5.74, 6) is 1.66. The number of nitrogens with one attached hydrogen (secondary N) is 1. The van der Waals surface area contributed by atoms with Gasteiger partial charge in [-0.3, -0.25) is 0 Å². The molecule has 0 aliphatic carbocycles. The number of benzene rings is 1. The van der Waals surface area contributed by atoms with Crippen LogP contribution >= 0.6 is 12.4 Å². The highest BCUT2D eigenvalue weighted by molar-refractivity contribution is 5.85. The fourth-order valence-electron chi connectivity index (χ4n) is 2.58. The molecule has 1 aliphatic rings. The molecule has 1 fully saturated rings. The van der Waals surface area contributed by atoms with Crippen LogP contribution in [0.2, 0.25) is 0 Å². The average molecular weight is 268 g/mol. The Hall–Kier alpha value is -1.28. The zero-order chi connectivity index (χ0) is 12.5. The Morgan fingerprint density at radius 3 is 2.50 bits per heavy atom. The minimum Gasteiger partial charge on any atom is -0.384 e. The van der Waals surface area contributed by atoms with Gasteiger partial charge in [0.25, 0.3) is 0 Å². The first kappa shape index (κ1) is 14.8. The lowest BCUT2D eigenvalue weighted by Crippen LogP contribution is -2.51. The minimum absolute atomic E-state index is 0. The van der Waals surface area contributed by atoms with Crippen molar-refractivity contribution < 1.29 is 9.90 Å². The summed E-state index contributed by atoms with van der Waals surface area (Å²) in [5.41, 5.74) is 0.308. The zero-order valence-corrected chi connectivity index (χ0v) is 11.3. The van der Waals surface area contributed by atoms with Crippen LogP contribution in [0.25, 0.3) is 0 Å². The molecule has 1 heterocycles. The Morgan fingerprint density at radius 1 is 1.33 bits per heavy atom. The smallest absolute Gasteiger partial charge is 0.145 e. The molecule has 0 amide bonds. The van der Waals surface area contributed by atoms with Crippen molar-refractivity contribution in [1.29, 1.82) is 0 Å². The summed E-state index contributed by atoms with van der Waals surface area (Å²) in [6, 6.07) is 9.53. The molecule has 3 unspecified atom stereocenters. The highest BCUT2D eigenvalue weighted by Crippen LogP contribution is 2.41. The number of hydrogen-bond donors (Lipinski definition) is 2. The minimum atomic E-state index is -1.00. The maximum atomic E-state index is 10.9. The first-order chi connectivity index (χ1) is 8.10. The molecule has 0 aromatic heterocycles. The molecule has 98 valence electrons. The summed E-state index contributed by atoms with van der Waals surface area (Å²) in [6.45, 7) is 4.42. The predicted octanol–water partition coefficient (Wildman–Crippen LogP) is 1.89. The van der Waals surface area contributed by atoms with Crippen molar-refractivity contribution in [1.82, 2.24) is 5.32 Å². The summed E-state index contributed by atoms with van der Waals surface area (Å²) in [4.78, 5) is 10.9. The Balaban J connectivity index is 0.00000162. The number of piperidine rings is 1. The number of rotatable bonds is 1. The van der Waals surface area contributed by atoms with Gasteiger partial charge < -0.3 is 10.4 Å². The quantitative estimate of drug-likeness (QED) is 0.764. The molecule has 0 bridgehead atoms. The van der Waals surface area contributed by atoms with Gasteiger partial charge in [0.1, 0.15) is 17.2 Å². The fraction of sp³-hybridized carbons (Fsp3) is 0.429. The lowest BCUT2D eigenvalue weighted by molar-refractivity contribution is -0.0664. The summed E-state index contributed by atoms with van der Waals surface area (Å²) in [6.07, 6.45) is 0. The molecule has 3 nitrogen and oxygen atoms in total. The Morgan fingerprint density at radius 2 is 1.94 bits per heavy atom. The summed E-state index contributed by atoms with van der Waals surface area (Å²) < 4.78 is 0. The van der Waals surface area contributed by atoms with E-state index in [0.29, 0.717) is 12.2 Å². The van der Waals surface area contributed by atoms with Crippen molar-refractivity contribution in [2.45, 2.75) is 19.4 Å². The molecule has 1 aliphatic heterocycles. The molecule has 18 heavy (non-hydrogen) atoms. The van der Waals surface area contributed by atoms with E-state index in [4.69, 9.17) is 0 Å². The van der Waals surface area contributed by atoms with E-state index in [9.17, 15) is 9.90 Å². The van der Waals surface area contributed by atoms with Gasteiger partial charge in [0, 0.05) is 18.4 Å². The second-order valence-corrected chi connectivity index (χ2v) is 4.71. The predicted molar refractivity (Wildman–Crippen MR) is 73.1 cm³/mol. The molecular weight excluding hydrogens is 250 g/mol. The third kappa shape index (κ3) is 2.17. The molecule has 0 radical (unpaired) electrons. The molecule has 1 saturated heterocycles. The maximum absolute atomic E-state index is 10.9. The second-order valence-electron chi connectivity index (χ2n) is 4.71. The lowest BCUT2D eigenvalue weighted by Gasteiger charge is -2.44. The Kier molecular flexibility index (Phi) is 4.58. The Labute approximate surface area is 113 Å². The molecule has 4 heteroatoms. The van der Waals surface area contributed by atoms with Crippen molar-refractivity contribution in [3.8, 4) is 0 Å². The molecule has 1 aromatic carbocycles. The monoisotopic (exact) mass is 267 g/mol. The fourth-order valence-corrected chi connectivity index (χ4v) is 2.58. The van der Waals surface area contributed by atoms with Gasteiger partial charge in [0.2, 0.25) is 0 Å². The van der Waals surface area contributed by atoms with Gasteiger partial charge in [0.15, 0.2) is 0 Å². The summed E-state index contributed by atoms with van der Waals surface area (Å²) >= 11 is 0. The van der Waals surface area contributed by atoms with Gasteiger partial charge in [0.05, 0.1) is 0 Å². The van der Waals surface area contributed by atoms with Crippen LogP contribution in [0.3, 0.4) is 0 Å². The molecule has 2 N–H and O–H groups in total. The van der Waals surface area contributed by atoms with E-state index < -0.39 is 5.60 Å². The van der Waals surface area contributed by atoms with E-state index in [2.05, 4.69) is 5.32 Å². The van der Waals surface area contributed by atoms with Gasteiger partial charge in [-0.2, -0.15) is 0 Å². The third-order valence-electron chi connectivity index (χ3n) is 3.79. The van der Waals surface area contributed by atoms with E-state index >= 15 is 0 Å². The van der Waals surface area contributed by atoms with Crippen molar-refractivity contribution >= 4 is 18.3 Å². The number of halogens is 1. The normalized spacial score (nSPS) is 30.9. The van der Waals surface area contributed by atoms with E-state index in [1.807, 2.05) is 50.1 Å². The van der Waals surface area contributed by atoms with Crippen LogP contribution in [0.4, 0.5) is 0 Å². The van der Waals surface area contributed by atoms with Gasteiger partial charge in [-0.05, 0) is 5.56 Å². The SMILES string of the molecule is CC1CNC(=C=O)C(C)C1(O)c1ccccc1.Cl. The van der Waals surface area contributed by atoms with Crippen molar-refractivity contribution in [3.63, 3.8) is 0 Å². The summed E-state index contributed by atoms with van der Waals surface area (Å²) in [5, 5.41) is 14.0. The van der Waals surface area contributed by atoms with E-state index in [1.165, 1.54) is 0 Å². The standard InChI is InChI=1S/C14H17NO2.ClH/c1-10-8-15-13(9-16)11(2)14(10,17)12-6-4-3-5-7-12;/h3-7,10-11,15,17H,8H2,1-2H3;1H. The van der Waals surface area contributed by atoms with Crippen LogP contribution in [0.15, 0.2) is 36.0 Å². The lowest BCUT2D eigenvalue weighted by atomic mass is 9.70. The van der Waals surface area contributed by atoms with Crippen LogP contribution in [-0.2, 0) is 10.4 Å². The van der Waals surface area contributed by atoms with E-state index in [0.717, 1.165) is 5.56 Å². The number of hydrogen-bond acceptors (Lipinski definition) is 3. The molecule has 2 rings (SSSR count). The van der Waals surface area contributed by atoms with Crippen molar-refractivity contribution in [2.24, 2.45) is 11.8 Å². The first-order valence-corrected chi connectivity index (χ1v) is 5.87. The van der Waals surface area contributed by atoms with Crippen LogP contribution in [-0.4, -0.2) is 17.6 Å². The molecule has 1 aromatic rings. The molecule has 3 atom stereocenters. The largest absolute Gasteiger partial charge is 0.384 e. The van der Waals surface area contributed by atoms with Crippen molar-refractivity contribution in [3.05, 3.63) is 41.6 Å². The molecule has 0 spiro atoms. The number of aliphatic hydroxyl groups is 1. The maximum Gasteiger partial charge on any atom is 0.145 e. The topological polar surface area (TPSA) is 49.3 Å². The van der Waals surface area contributed by atoms with Gasteiger partial charge in [-0.15, -0.1) is 12.4 Å². The van der Waals surface area contributed by atoms with Crippen LogP contribution < -0.4 is 5.32 Å². The van der Waals surface area contributed by atoms with E-state index in [-0.39, 0.29) is 24.2 Å². The van der Waals surface area contributed by atoms with Crippen molar-refractivity contribution in [2.75, 3.05) is 6.54 Å². The second kappa shape index (κ2) is 5.57. The van der Waals surface area contributed by atoms with Gasteiger partial charge >= 0.3 is 0 Å².